The molecule has 4 heteroatoms. The highest BCUT2D eigenvalue weighted by molar-refractivity contribution is 5.90. The number of morpholine rings is 1. The highest BCUT2D eigenvalue weighted by Gasteiger charge is 2.23. The fourth-order valence-electron chi connectivity index (χ4n) is 3.03. The quantitative estimate of drug-likeness (QED) is 0.922. The topological polar surface area (TPSA) is 45.3 Å². The fraction of sp³-hybridized carbons (Fsp3) is 0.471. The Morgan fingerprint density at radius 1 is 1.43 bits per heavy atom. The van der Waals surface area contributed by atoms with Gasteiger partial charge in [-0.3, -0.25) is 4.79 Å². The van der Waals surface area contributed by atoms with Crippen LogP contribution in [0.5, 0.6) is 0 Å². The van der Waals surface area contributed by atoms with Crippen LogP contribution < -0.4 is 0 Å². The molecule has 1 atom stereocenters. The van der Waals surface area contributed by atoms with Gasteiger partial charge < -0.3 is 14.6 Å². The molecule has 1 aromatic carbocycles. The van der Waals surface area contributed by atoms with E-state index in [1.807, 2.05) is 18.7 Å². The molecule has 2 heterocycles. The first-order valence-electron chi connectivity index (χ1n) is 7.52. The first-order chi connectivity index (χ1) is 10.0. The van der Waals surface area contributed by atoms with Crippen molar-refractivity contribution in [1.29, 1.82) is 0 Å². The van der Waals surface area contributed by atoms with Crippen LogP contribution in [0.2, 0.25) is 0 Å². The maximum absolute atomic E-state index is 12.5. The van der Waals surface area contributed by atoms with Crippen molar-refractivity contribution in [3.63, 3.8) is 0 Å². The number of rotatable bonds is 2. The lowest BCUT2D eigenvalue weighted by atomic mass is 10.0. The minimum Gasteiger partial charge on any atom is -0.375 e. The predicted molar refractivity (Wildman–Crippen MR) is 83.5 cm³/mol. The van der Waals surface area contributed by atoms with Crippen molar-refractivity contribution in [3.05, 3.63) is 35.0 Å². The largest absolute Gasteiger partial charge is 0.375 e. The number of fused-ring (bicyclic) bond motifs is 1. The average Bonchev–Trinajstić information content (AvgIpc) is 2.75. The molecule has 4 nitrogen and oxygen atoms in total. The second kappa shape index (κ2) is 5.53. The summed E-state index contributed by atoms with van der Waals surface area (Å²) in [6, 6.07) is 6.33. The van der Waals surface area contributed by atoms with Crippen LogP contribution in [-0.4, -0.2) is 41.6 Å². The van der Waals surface area contributed by atoms with Crippen molar-refractivity contribution >= 4 is 16.8 Å². The van der Waals surface area contributed by atoms with Crippen LogP contribution in [0.3, 0.4) is 0 Å². The van der Waals surface area contributed by atoms with Gasteiger partial charge in [-0.15, -0.1) is 0 Å². The number of ether oxygens (including phenoxy) is 1. The summed E-state index contributed by atoms with van der Waals surface area (Å²) in [5, 5.41) is 1.17. The SMILES string of the molecule is Cc1ccc2[nH]c(C)c(CC(=O)N3CCO[C@H](C)C3)c2c1. The number of nitrogens with zero attached hydrogens (tertiary/aromatic N) is 1. The van der Waals surface area contributed by atoms with Crippen LogP contribution in [0.4, 0.5) is 0 Å². The molecule has 1 aliphatic rings. The molecule has 0 saturated carbocycles. The van der Waals surface area contributed by atoms with E-state index in [1.54, 1.807) is 0 Å². The molecule has 1 aliphatic heterocycles. The van der Waals surface area contributed by atoms with Crippen molar-refractivity contribution in [2.24, 2.45) is 0 Å². The number of aromatic amines is 1. The molecule has 1 saturated heterocycles. The first-order valence-corrected chi connectivity index (χ1v) is 7.52. The van der Waals surface area contributed by atoms with Gasteiger partial charge in [-0.05, 0) is 38.5 Å². The van der Waals surface area contributed by atoms with Gasteiger partial charge in [0.2, 0.25) is 5.91 Å². The van der Waals surface area contributed by atoms with Gasteiger partial charge >= 0.3 is 0 Å². The summed E-state index contributed by atoms with van der Waals surface area (Å²) >= 11 is 0. The molecular weight excluding hydrogens is 264 g/mol. The number of amides is 1. The Kier molecular flexibility index (Phi) is 3.72. The van der Waals surface area contributed by atoms with Crippen LogP contribution in [0, 0.1) is 13.8 Å². The van der Waals surface area contributed by atoms with Crippen molar-refractivity contribution in [2.75, 3.05) is 19.7 Å². The van der Waals surface area contributed by atoms with E-state index in [9.17, 15) is 4.79 Å². The molecule has 0 unspecified atom stereocenters. The smallest absolute Gasteiger partial charge is 0.227 e. The number of H-pyrrole nitrogens is 1. The summed E-state index contributed by atoms with van der Waals surface area (Å²) in [4.78, 5) is 17.8. The van der Waals surface area contributed by atoms with Crippen LogP contribution in [-0.2, 0) is 16.0 Å². The summed E-state index contributed by atoms with van der Waals surface area (Å²) in [5.74, 6) is 0.190. The Morgan fingerprint density at radius 2 is 2.24 bits per heavy atom. The van der Waals surface area contributed by atoms with E-state index in [1.165, 1.54) is 10.9 Å². The lowest BCUT2D eigenvalue weighted by Gasteiger charge is -2.31. The van der Waals surface area contributed by atoms with Gasteiger partial charge in [0.05, 0.1) is 19.1 Å². The molecule has 2 aromatic rings. The summed E-state index contributed by atoms with van der Waals surface area (Å²) in [7, 11) is 0. The van der Waals surface area contributed by atoms with Crippen LogP contribution in [0.25, 0.3) is 10.9 Å². The Hall–Kier alpha value is -1.81. The van der Waals surface area contributed by atoms with Crippen molar-refractivity contribution in [3.8, 4) is 0 Å². The number of aromatic nitrogens is 1. The zero-order chi connectivity index (χ0) is 15.0. The van der Waals surface area contributed by atoms with Crippen molar-refractivity contribution in [1.82, 2.24) is 9.88 Å². The van der Waals surface area contributed by atoms with Crippen molar-refractivity contribution < 1.29 is 9.53 Å². The number of benzene rings is 1. The van der Waals surface area contributed by atoms with Gasteiger partial charge in [-0.25, -0.2) is 0 Å². The van der Waals surface area contributed by atoms with Crippen LogP contribution >= 0.6 is 0 Å². The van der Waals surface area contributed by atoms with E-state index in [0.29, 0.717) is 26.1 Å². The third-order valence-electron chi connectivity index (χ3n) is 4.20. The third-order valence-corrected chi connectivity index (χ3v) is 4.20. The van der Waals surface area contributed by atoms with Crippen LogP contribution in [0.1, 0.15) is 23.7 Å². The maximum Gasteiger partial charge on any atom is 0.227 e. The molecule has 0 aliphatic carbocycles. The molecule has 0 bridgehead atoms. The normalized spacial score (nSPS) is 19.2. The van der Waals surface area contributed by atoms with Gasteiger partial charge in [0, 0.05) is 29.7 Å². The number of nitrogens with one attached hydrogen (secondary N) is 1. The van der Waals surface area contributed by atoms with E-state index in [2.05, 4.69) is 30.1 Å². The highest BCUT2D eigenvalue weighted by atomic mass is 16.5. The molecule has 3 rings (SSSR count). The molecular formula is C17H22N2O2. The zero-order valence-corrected chi connectivity index (χ0v) is 12.9. The Balaban J connectivity index is 1.85. The van der Waals surface area contributed by atoms with Gasteiger partial charge in [0.25, 0.3) is 0 Å². The summed E-state index contributed by atoms with van der Waals surface area (Å²) < 4.78 is 5.50. The molecule has 1 fully saturated rings. The number of hydrogen-bond donors (Lipinski definition) is 1. The molecule has 1 amide bonds. The summed E-state index contributed by atoms with van der Waals surface area (Å²) in [5.41, 5.74) is 4.54. The average molecular weight is 286 g/mol. The number of carbonyl (C=O) groups is 1. The van der Waals surface area contributed by atoms with E-state index >= 15 is 0 Å². The number of hydrogen-bond acceptors (Lipinski definition) is 2. The van der Waals surface area contributed by atoms with Crippen molar-refractivity contribution in [2.45, 2.75) is 33.3 Å². The maximum atomic E-state index is 12.5. The van der Waals surface area contributed by atoms with E-state index < -0.39 is 0 Å². The molecule has 112 valence electrons. The van der Waals surface area contributed by atoms with E-state index in [4.69, 9.17) is 4.74 Å². The Morgan fingerprint density at radius 3 is 3.00 bits per heavy atom. The molecule has 0 radical (unpaired) electrons. The van der Waals surface area contributed by atoms with Gasteiger partial charge in [-0.1, -0.05) is 11.6 Å². The number of aryl methyl sites for hydroxylation is 2. The lowest BCUT2D eigenvalue weighted by molar-refractivity contribution is -0.137. The minimum atomic E-state index is 0.133. The third kappa shape index (κ3) is 2.81. The van der Waals surface area contributed by atoms with Crippen LogP contribution in [0.15, 0.2) is 18.2 Å². The van der Waals surface area contributed by atoms with Gasteiger partial charge in [0.1, 0.15) is 0 Å². The molecule has 21 heavy (non-hydrogen) atoms. The van der Waals surface area contributed by atoms with E-state index in [-0.39, 0.29) is 12.0 Å². The zero-order valence-electron chi connectivity index (χ0n) is 12.9. The first kappa shape index (κ1) is 14.1. The lowest BCUT2D eigenvalue weighted by Crippen LogP contribution is -2.45. The Bertz CT molecular complexity index is 675. The summed E-state index contributed by atoms with van der Waals surface area (Å²) in [6.07, 6.45) is 0.594. The second-order valence-electron chi connectivity index (χ2n) is 5.98. The molecule has 0 spiro atoms. The van der Waals surface area contributed by atoms with Gasteiger partial charge in [0.15, 0.2) is 0 Å². The second-order valence-corrected chi connectivity index (χ2v) is 5.98. The minimum absolute atomic E-state index is 0.133. The molecule has 1 aromatic heterocycles. The highest BCUT2D eigenvalue weighted by Crippen LogP contribution is 2.24. The predicted octanol–water partition coefficient (Wildman–Crippen LogP) is 2.57. The molecule has 1 N–H and O–H groups in total. The fourth-order valence-corrected chi connectivity index (χ4v) is 3.03. The summed E-state index contributed by atoms with van der Waals surface area (Å²) in [6.45, 7) is 8.17. The van der Waals surface area contributed by atoms with Gasteiger partial charge in [-0.2, -0.15) is 0 Å². The monoisotopic (exact) mass is 286 g/mol. The number of carbonyl (C=O) groups excluding carboxylic acids is 1. The Labute approximate surface area is 125 Å². The van der Waals surface area contributed by atoms with E-state index in [0.717, 1.165) is 16.8 Å². The standard InChI is InChI=1S/C17H22N2O2/c1-11-4-5-16-15(8-11)14(13(3)18-16)9-17(20)19-6-7-21-12(2)10-19/h4-5,8,12,18H,6-7,9-10H2,1-3H3/t12-/m1/s1.